The van der Waals surface area contributed by atoms with Gasteiger partial charge in [0.15, 0.2) is 0 Å². The number of amides is 1. The van der Waals surface area contributed by atoms with E-state index in [4.69, 9.17) is 11.5 Å². The number of anilines is 3. The number of likely N-dealkylation sites (tertiary alicyclic amines) is 1. The van der Waals surface area contributed by atoms with Crippen LogP contribution in [0.5, 0.6) is 0 Å². The fourth-order valence-corrected chi connectivity index (χ4v) is 2.87. The number of likely N-dealkylation sites (N-methyl/N-ethyl adjacent to an activating group) is 1. The number of carbonyl (C=O) groups is 1. The Labute approximate surface area is 130 Å². The largest absolute Gasteiger partial charge is 0.397 e. The Morgan fingerprint density at radius 2 is 1.77 bits per heavy atom. The molecule has 114 valence electrons. The summed E-state index contributed by atoms with van der Waals surface area (Å²) >= 11 is 0. The first-order chi connectivity index (χ1) is 10.6. The van der Waals surface area contributed by atoms with Crippen LogP contribution in [0.4, 0.5) is 17.1 Å². The van der Waals surface area contributed by atoms with Gasteiger partial charge in [0.1, 0.15) is 0 Å². The maximum atomic E-state index is 11.2. The zero-order valence-corrected chi connectivity index (χ0v) is 12.6. The van der Waals surface area contributed by atoms with Crippen molar-refractivity contribution in [2.24, 2.45) is 5.73 Å². The molecule has 4 N–H and O–H groups in total. The normalized spacial score (nSPS) is 15.3. The number of para-hydroxylation sites is 2. The minimum absolute atomic E-state index is 0.370. The number of carbonyl (C=O) groups excluding carboxylic acids is 1. The fraction of sp³-hybridized carbons (Fsp3) is 0.235. The third-order valence-corrected chi connectivity index (χ3v) is 4.04. The van der Waals surface area contributed by atoms with E-state index in [0.717, 1.165) is 30.2 Å². The second-order valence-electron chi connectivity index (χ2n) is 5.71. The van der Waals surface area contributed by atoms with Crippen LogP contribution in [0.2, 0.25) is 0 Å². The van der Waals surface area contributed by atoms with E-state index in [2.05, 4.69) is 16.8 Å². The van der Waals surface area contributed by atoms with E-state index in [1.165, 1.54) is 0 Å². The van der Waals surface area contributed by atoms with Crippen LogP contribution in [-0.2, 0) is 0 Å². The van der Waals surface area contributed by atoms with Gasteiger partial charge in [0.25, 0.3) is 0 Å². The lowest BCUT2D eigenvalue weighted by atomic mass is 10.0. The zero-order valence-electron chi connectivity index (χ0n) is 12.6. The molecule has 1 heterocycles. The Kier molecular flexibility index (Phi) is 3.73. The number of rotatable bonds is 4. The predicted molar refractivity (Wildman–Crippen MR) is 89.2 cm³/mol. The van der Waals surface area contributed by atoms with Crippen molar-refractivity contribution in [3.63, 3.8) is 0 Å². The van der Waals surface area contributed by atoms with E-state index >= 15 is 0 Å². The van der Waals surface area contributed by atoms with Crippen LogP contribution in [0.15, 0.2) is 48.5 Å². The highest BCUT2D eigenvalue weighted by Crippen LogP contribution is 2.34. The van der Waals surface area contributed by atoms with Crippen LogP contribution >= 0.6 is 0 Å². The molecular formula is C17H20N4O. The quantitative estimate of drug-likeness (QED) is 0.844. The number of hydrogen-bond donors (Lipinski definition) is 2. The highest BCUT2D eigenvalue weighted by molar-refractivity contribution is 5.93. The topological polar surface area (TPSA) is 75.6 Å². The third kappa shape index (κ3) is 2.63. The molecule has 0 bridgehead atoms. The molecule has 2 aromatic carbocycles. The third-order valence-electron chi connectivity index (χ3n) is 4.04. The SMILES string of the molecule is CN1CC(N(c2ccc(C(N)=O)cc2)c2ccccc2N)C1. The number of benzene rings is 2. The minimum atomic E-state index is -0.416. The Bertz CT molecular complexity index is 677. The van der Waals surface area contributed by atoms with Crippen LogP contribution in [-0.4, -0.2) is 37.0 Å². The van der Waals surface area contributed by atoms with Gasteiger partial charge in [-0.1, -0.05) is 12.1 Å². The molecule has 5 nitrogen and oxygen atoms in total. The molecule has 0 atom stereocenters. The molecule has 0 unspecified atom stereocenters. The van der Waals surface area contributed by atoms with Crippen LogP contribution < -0.4 is 16.4 Å². The van der Waals surface area contributed by atoms with E-state index in [1.54, 1.807) is 12.1 Å². The summed E-state index contributed by atoms with van der Waals surface area (Å²) in [4.78, 5) is 15.7. The highest BCUT2D eigenvalue weighted by Gasteiger charge is 2.31. The smallest absolute Gasteiger partial charge is 0.248 e. The maximum absolute atomic E-state index is 11.2. The van der Waals surface area contributed by atoms with E-state index in [0.29, 0.717) is 11.6 Å². The van der Waals surface area contributed by atoms with Gasteiger partial charge in [-0.15, -0.1) is 0 Å². The fourth-order valence-electron chi connectivity index (χ4n) is 2.87. The van der Waals surface area contributed by atoms with Gasteiger partial charge in [0.2, 0.25) is 5.91 Å². The summed E-state index contributed by atoms with van der Waals surface area (Å²) < 4.78 is 0. The van der Waals surface area contributed by atoms with Crippen molar-refractivity contribution in [3.05, 3.63) is 54.1 Å². The van der Waals surface area contributed by atoms with E-state index in [1.807, 2.05) is 36.4 Å². The van der Waals surface area contributed by atoms with Crippen LogP contribution in [0, 0.1) is 0 Å². The van der Waals surface area contributed by atoms with Crippen molar-refractivity contribution < 1.29 is 4.79 Å². The second-order valence-corrected chi connectivity index (χ2v) is 5.71. The monoisotopic (exact) mass is 296 g/mol. The summed E-state index contributed by atoms with van der Waals surface area (Å²) in [6.45, 7) is 1.96. The zero-order chi connectivity index (χ0) is 15.7. The summed E-state index contributed by atoms with van der Waals surface area (Å²) in [6, 6.07) is 15.6. The molecule has 0 aromatic heterocycles. The van der Waals surface area contributed by atoms with Gasteiger partial charge in [-0.2, -0.15) is 0 Å². The lowest BCUT2D eigenvalue weighted by Crippen LogP contribution is -2.56. The van der Waals surface area contributed by atoms with E-state index in [9.17, 15) is 4.79 Å². The van der Waals surface area contributed by atoms with Crippen molar-refractivity contribution in [2.75, 3.05) is 30.8 Å². The molecule has 1 aliphatic heterocycles. The highest BCUT2D eigenvalue weighted by atomic mass is 16.1. The lowest BCUT2D eigenvalue weighted by molar-refractivity contribution is 0.100. The first-order valence-corrected chi connectivity index (χ1v) is 7.28. The number of nitrogens with two attached hydrogens (primary N) is 2. The van der Waals surface area contributed by atoms with Crippen molar-refractivity contribution >= 4 is 23.0 Å². The Morgan fingerprint density at radius 1 is 1.14 bits per heavy atom. The van der Waals surface area contributed by atoms with Crippen molar-refractivity contribution in [3.8, 4) is 0 Å². The first-order valence-electron chi connectivity index (χ1n) is 7.28. The summed E-state index contributed by atoms with van der Waals surface area (Å²) in [6.07, 6.45) is 0. The first kappa shape index (κ1) is 14.4. The molecule has 2 aromatic rings. The van der Waals surface area contributed by atoms with Crippen molar-refractivity contribution in [1.82, 2.24) is 4.90 Å². The van der Waals surface area contributed by atoms with Crippen molar-refractivity contribution in [2.45, 2.75) is 6.04 Å². The van der Waals surface area contributed by atoms with Gasteiger partial charge in [-0.25, -0.2) is 0 Å². The van der Waals surface area contributed by atoms with Gasteiger partial charge < -0.3 is 21.3 Å². The van der Waals surface area contributed by atoms with Gasteiger partial charge in [0, 0.05) is 24.3 Å². The van der Waals surface area contributed by atoms with Crippen LogP contribution in [0.1, 0.15) is 10.4 Å². The molecule has 22 heavy (non-hydrogen) atoms. The molecule has 3 rings (SSSR count). The molecule has 1 saturated heterocycles. The summed E-state index contributed by atoms with van der Waals surface area (Å²) in [5.41, 5.74) is 14.7. The van der Waals surface area contributed by atoms with E-state index in [-0.39, 0.29) is 0 Å². The average molecular weight is 296 g/mol. The summed E-state index contributed by atoms with van der Waals surface area (Å²) in [5.74, 6) is -0.416. The average Bonchev–Trinajstić information content (AvgIpc) is 2.48. The molecule has 1 amide bonds. The predicted octanol–water partition coefficient (Wildman–Crippen LogP) is 1.82. The molecule has 0 radical (unpaired) electrons. The molecule has 1 fully saturated rings. The molecule has 0 saturated carbocycles. The molecule has 0 spiro atoms. The maximum Gasteiger partial charge on any atom is 0.248 e. The van der Waals surface area contributed by atoms with Gasteiger partial charge in [0.05, 0.1) is 17.4 Å². The molecule has 1 aliphatic rings. The standard InChI is InChI=1S/C17H20N4O/c1-20-10-14(11-20)21(16-5-3-2-4-15(16)18)13-8-6-12(7-9-13)17(19)22/h2-9,14H,10-11,18H2,1H3,(H2,19,22). The van der Waals surface area contributed by atoms with Crippen LogP contribution in [0.25, 0.3) is 0 Å². The number of nitrogen functional groups attached to an aromatic ring is 1. The molecule has 0 aliphatic carbocycles. The number of primary amides is 1. The van der Waals surface area contributed by atoms with Gasteiger partial charge in [-0.3, -0.25) is 4.79 Å². The Balaban J connectivity index is 1.98. The van der Waals surface area contributed by atoms with E-state index < -0.39 is 5.91 Å². The van der Waals surface area contributed by atoms with Gasteiger partial charge in [-0.05, 0) is 43.4 Å². The number of hydrogen-bond acceptors (Lipinski definition) is 4. The van der Waals surface area contributed by atoms with Crippen molar-refractivity contribution in [1.29, 1.82) is 0 Å². The molecule has 5 heteroatoms. The minimum Gasteiger partial charge on any atom is -0.397 e. The Hall–Kier alpha value is -2.53. The second kappa shape index (κ2) is 5.69. The Morgan fingerprint density at radius 3 is 2.32 bits per heavy atom. The summed E-state index contributed by atoms with van der Waals surface area (Å²) in [5, 5.41) is 0. The lowest BCUT2D eigenvalue weighted by Gasteiger charge is -2.45. The number of nitrogens with zero attached hydrogens (tertiary/aromatic N) is 2. The van der Waals surface area contributed by atoms with Gasteiger partial charge >= 0.3 is 0 Å². The van der Waals surface area contributed by atoms with Crippen LogP contribution in [0.3, 0.4) is 0 Å². The summed E-state index contributed by atoms with van der Waals surface area (Å²) in [7, 11) is 2.10. The molecular weight excluding hydrogens is 276 g/mol.